The Morgan fingerprint density at radius 2 is 1.85 bits per heavy atom. The summed E-state index contributed by atoms with van der Waals surface area (Å²) < 4.78 is 0. The van der Waals surface area contributed by atoms with Crippen LogP contribution in [-0.2, 0) is 11.2 Å². The number of hydrogen-bond acceptors (Lipinski definition) is 2. The van der Waals surface area contributed by atoms with E-state index in [9.17, 15) is 4.79 Å². The summed E-state index contributed by atoms with van der Waals surface area (Å²) in [6.45, 7) is 0. The molecule has 0 bridgehead atoms. The Kier molecular flexibility index (Phi) is 6.33. The van der Waals surface area contributed by atoms with E-state index in [1.54, 1.807) is 0 Å². The van der Waals surface area contributed by atoms with Crippen LogP contribution in [0.1, 0.15) is 5.56 Å². The molecule has 0 aliphatic carbocycles. The Morgan fingerprint density at radius 1 is 1.31 bits per heavy atom. The molecule has 0 unspecified atom stereocenters. The molecule has 1 aromatic rings. The summed E-state index contributed by atoms with van der Waals surface area (Å²) in [4.78, 5) is 10.6. The quantitative estimate of drug-likeness (QED) is 0.631. The summed E-state index contributed by atoms with van der Waals surface area (Å²) in [5, 5.41) is 0. The van der Waals surface area contributed by atoms with Gasteiger partial charge in [-0.2, -0.15) is 0 Å². The van der Waals surface area contributed by atoms with Crippen molar-refractivity contribution in [2.24, 2.45) is 11.5 Å². The number of rotatable bonds is 3. The standard InChI is InChI=1S/C9H12N2O.Ca.2H/c10-8(9(11)12)6-7-4-2-1-3-5-7;;;/h1-5,8H,6,10H2,(H2,11,12);;;/t8-;;;/m0.../s1. The fourth-order valence-corrected chi connectivity index (χ4v) is 0.969. The van der Waals surface area contributed by atoms with Gasteiger partial charge >= 0.3 is 37.7 Å². The van der Waals surface area contributed by atoms with E-state index >= 15 is 0 Å². The molecule has 1 rings (SSSR count). The fourth-order valence-electron chi connectivity index (χ4n) is 0.969. The molecular weight excluding hydrogens is 192 g/mol. The van der Waals surface area contributed by atoms with Crippen molar-refractivity contribution < 1.29 is 4.79 Å². The van der Waals surface area contributed by atoms with E-state index in [0.29, 0.717) is 6.42 Å². The van der Waals surface area contributed by atoms with Crippen LogP contribution in [0.2, 0.25) is 0 Å². The number of nitrogens with two attached hydrogens (primary N) is 2. The summed E-state index contributed by atoms with van der Waals surface area (Å²) in [6.07, 6.45) is 0.510. The molecule has 0 spiro atoms. The van der Waals surface area contributed by atoms with Gasteiger partial charge in [0.1, 0.15) is 0 Å². The van der Waals surface area contributed by atoms with E-state index in [4.69, 9.17) is 11.5 Å². The first kappa shape index (κ1) is 12.9. The average Bonchev–Trinajstić information content (AvgIpc) is 2.06. The van der Waals surface area contributed by atoms with Crippen LogP contribution >= 0.6 is 0 Å². The number of amides is 1. The second kappa shape index (κ2) is 6.38. The number of hydrogen-bond donors (Lipinski definition) is 2. The Hall–Kier alpha value is -0.0903. The van der Waals surface area contributed by atoms with E-state index in [-0.39, 0.29) is 37.7 Å². The first-order chi connectivity index (χ1) is 5.70. The minimum absolute atomic E-state index is 0. The molecule has 0 saturated carbocycles. The Labute approximate surface area is 107 Å². The van der Waals surface area contributed by atoms with Crippen LogP contribution in [0.15, 0.2) is 30.3 Å². The van der Waals surface area contributed by atoms with Crippen LogP contribution in [-0.4, -0.2) is 49.7 Å². The van der Waals surface area contributed by atoms with E-state index in [0.717, 1.165) is 5.56 Å². The molecule has 0 fully saturated rings. The van der Waals surface area contributed by atoms with Gasteiger partial charge in [-0.25, -0.2) is 0 Å². The van der Waals surface area contributed by atoms with Gasteiger partial charge in [-0.05, 0) is 12.0 Å². The van der Waals surface area contributed by atoms with Crippen molar-refractivity contribution in [3.8, 4) is 0 Å². The molecule has 1 amide bonds. The van der Waals surface area contributed by atoms with E-state index in [2.05, 4.69) is 0 Å². The molecule has 0 aliphatic heterocycles. The van der Waals surface area contributed by atoms with Crippen molar-refractivity contribution in [3.63, 3.8) is 0 Å². The predicted molar refractivity (Wildman–Crippen MR) is 55.9 cm³/mol. The Bertz CT molecular complexity index is 264. The van der Waals surface area contributed by atoms with E-state index in [1.165, 1.54) is 0 Å². The number of carbonyl (C=O) groups is 1. The van der Waals surface area contributed by atoms with Crippen molar-refractivity contribution in [3.05, 3.63) is 35.9 Å². The van der Waals surface area contributed by atoms with Gasteiger partial charge in [0.25, 0.3) is 0 Å². The second-order valence-corrected chi connectivity index (χ2v) is 2.70. The molecule has 4 heteroatoms. The first-order valence-corrected chi connectivity index (χ1v) is 3.79. The monoisotopic (exact) mass is 206 g/mol. The van der Waals surface area contributed by atoms with E-state index < -0.39 is 11.9 Å². The zero-order valence-corrected chi connectivity index (χ0v) is 6.73. The van der Waals surface area contributed by atoms with Crippen molar-refractivity contribution in [2.45, 2.75) is 12.5 Å². The van der Waals surface area contributed by atoms with Crippen molar-refractivity contribution >= 4 is 43.6 Å². The Balaban J connectivity index is 0.00000144. The predicted octanol–water partition coefficient (Wildman–Crippen LogP) is -0.875. The van der Waals surface area contributed by atoms with Gasteiger partial charge in [0.2, 0.25) is 5.91 Å². The molecule has 1 atom stereocenters. The molecule has 0 aliphatic rings. The van der Waals surface area contributed by atoms with Gasteiger partial charge in [-0.15, -0.1) is 0 Å². The molecule has 0 aromatic heterocycles. The maximum absolute atomic E-state index is 10.6. The first-order valence-electron chi connectivity index (χ1n) is 3.79. The van der Waals surface area contributed by atoms with Crippen LogP contribution in [0.5, 0.6) is 0 Å². The molecule has 1 aromatic carbocycles. The average molecular weight is 206 g/mol. The molecule has 0 radical (unpaired) electrons. The third-order valence-electron chi connectivity index (χ3n) is 1.66. The van der Waals surface area contributed by atoms with Crippen molar-refractivity contribution in [1.82, 2.24) is 0 Å². The van der Waals surface area contributed by atoms with Gasteiger partial charge in [-0.1, -0.05) is 30.3 Å². The summed E-state index contributed by atoms with van der Waals surface area (Å²) >= 11 is 0. The number of carbonyl (C=O) groups excluding carboxylic acids is 1. The van der Waals surface area contributed by atoms with Crippen LogP contribution in [0.25, 0.3) is 0 Å². The third kappa shape index (κ3) is 4.62. The Morgan fingerprint density at radius 3 is 2.31 bits per heavy atom. The molecule has 0 saturated heterocycles. The zero-order chi connectivity index (χ0) is 8.97. The summed E-state index contributed by atoms with van der Waals surface area (Å²) in [5.41, 5.74) is 11.5. The zero-order valence-electron chi connectivity index (χ0n) is 6.73. The number of benzene rings is 1. The molecule has 68 valence electrons. The normalized spacial score (nSPS) is 11.5. The molecule has 4 N–H and O–H groups in total. The van der Waals surface area contributed by atoms with Gasteiger partial charge < -0.3 is 11.5 Å². The van der Waals surface area contributed by atoms with Crippen molar-refractivity contribution in [1.29, 1.82) is 0 Å². The second-order valence-electron chi connectivity index (χ2n) is 2.70. The van der Waals surface area contributed by atoms with Crippen LogP contribution in [0.4, 0.5) is 0 Å². The van der Waals surface area contributed by atoms with Gasteiger partial charge in [-0.3, -0.25) is 4.79 Å². The van der Waals surface area contributed by atoms with Gasteiger partial charge in [0, 0.05) is 0 Å². The summed E-state index contributed by atoms with van der Waals surface area (Å²) in [5.74, 6) is -0.459. The molecule has 3 nitrogen and oxygen atoms in total. The summed E-state index contributed by atoms with van der Waals surface area (Å²) in [6, 6.07) is 8.99. The minimum atomic E-state index is -0.576. The van der Waals surface area contributed by atoms with Crippen LogP contribution in [0, 0.1) is 0 Å². The van der Waals surface area contributed by atoms with Gasteiger partial charge in [0.05, 0.1) is 6.04 Å². The topological polar surface area (TPSA) is 69.1 Å². The molecule has 0 heterocycles. The fraction of sp³-hybridized carbons (Fsp3) is 0.222. The number of primary amides is 1. The van der Waals surface area contributed by atoms with Crippen LogP contribution in [0.3, 0.4) is 0 Å². The molecular formula is C9H14CaN2O. The summed E-state index contributed by atoms with van der Waals surface area (Å²) in [7, 11) is 0. The van der Waals surface area contributed by atoms with Crippen LogP contribution < -0.4 is 11.5 Å². The van der Waals surface area contributed by atoms with Crippen molar-refractivity contribution in [2.75, 3.05) is 0 Å². The third-order valence-corrected chi connectivity index (χ3v) is 1.66. The maximum atomic E-state index is 10.6. The van der Waals surface area contributed by atoms with Gasteiger partial charge in [0.15, 0.2) is 0 Å². The van der Waals surface area contributed by atoms with E-state index in [1.807, 2.05) is 30.3 Å². The molecule has 13 heavy (non-hydrogen) atoms. The SMILES string of the molecule is NC(=O)[C@@H](N)Cc1ccccc1.[CaH2].